The highest BCUT2D eigenvalue weighted by Crippen LogP contribution is 2.07. The molecular formula is C16H29FO2. The first-order valence-electron chi connectivity index (χ1n) is 7.67. The predicted molar refractivity (Wildman–Crippen MR) is 77.9 cm³/mol. The fraction of sp³-hybridized carbons (Fsp3) is 0.812. The third-order valence-electron chi connectivity index (χ3n) is 3.03. The van der Waals surface area contributed by atoms with E-state index in [1.165, 1.54) is 44.9 Å². The van der Waals surface area contributed by atoms with Crippen LogP contribution in [0.2, 0.25) is 0 Å². The molecule has 0 spiro atoms. The van der Waals surface area contributed by atoms with Crippen molar-refractivity contribution in [2.24, 2.45) is 0 Å². The van der Waals surface area contributed by atoms with Crippen molar-refractivity contribution >= 4 is 5.97 Å². The highest BCUT2D eigenvalue weighted by molar-refractivity contribution is 5.70. The molecule has 0 N–H and O–H groups in total. The summed E-state index contributed by atoms with van der Waals surface area (Å²) in [5, 5.41) is 0. The second-order valence-electron chi connectivity index (χ2n) is 4.88. The molecular weight excluding hydrogens is 243 g/mol. The Morgan fingerprint density at radius 2 is 1.53 bits per heavy atom. The van der Waals surface area contributed by atoms with Crippen LogP contribution in [0.4, 0.5) is 4.39 Å². The highest BCUT2D eigenvalue weighted by atomic mass is 19.1. The maximum absolute atomic E-state index is 11.7. The van der Waals surface area contributed by atoms with Crippen molar-refractivity contribution in [2.75, 3.05) is 13.3 Å². The number of esters is 1. The molecule has 112 valence electrons. The van der Waals surface area contributed by atoms with Gasteiger partial charge >= 0.3 is 5.97 Å². The Hall–Kier alpha value is -0.860. The molecule has 0 fully saturated rings. The van der Waals surface area contributed by atoms with Crippen LogP contribution in [-0.2, 0) is 9.53 Å². The molecule has 0 saturated carbocycles. The van der Waals surface area contributed by atoms with Gasteiger partial charge in [0.05, 0.1) is 6.61 Å². The van der Waals surface area contributed by atoms with Gasteiger partial charge in [-0.15, -0.1) is 0 Å². The quantitative estimate of drug-likeness (QED) is 0.268. The van der Waals surface area contributed by atoms with Gasteiger partial charge in [0.15, 0.2) is 6.67 Å². The topological polar surface area (TPSA) is 26.3 Å². The Balaban J connectivity index is 3.11. The summed E-state index contributed by atoms with van der Waals surface area (Å²) in [5.74, 6) is -0.751. The zero-order valence-electron chi connectivity index (χ0n) is 12.3. The second-order valence-corrected chi connectivity index (χ2v) is 4.88. The fourth-order valence-electron chi connectivity index (χ4n) is 1.87. The lowest BCUT2D eigenvalue weighted by Crippen LogP contribution is -2.07. The van der Waals surface area contributed by atoms with Crippen LogP contribution in [0.25, 0.3) is 0 Å². The van der Waals surface area contributed by atoms with Gasteiger partial charge < -0.3 is 4.74 Å². The molecule has 0 aliphatic rings. The SMILES string of the molecule is CCCCCCCC/C=C/CCCCOC(=O)CF. The Bertz CT molecular complexity index is 227. The van der Waals surface area contributed by atoms with E-state index in [1.54, 1.807) is 0 Å². The normalized spacial score (nSPS) is 11.1. The first kappa shape index (κ1) is 18.1. The molecule has 0 atom stereocenters. The van der Waals surface area contributed by atoms with Gasteiger partial charge in [-0.2, -0.15) is 0 Å². The lowest BCUT2D eigenvalue weighted by molar-refractivity contribution is -0.144. The number of halogens is 1. The smallest absolute Gasteiger partial charge is 0.337 e. The van der Waals surface area contributed by atoms with E-state index in [0.717, 1.165) is 19.3 Å². The van der Waals surface area contributed by atoms with Crippen LogP contribution < -0.4 is 0 Å². The van der Waals surface area contributed by atoms with E-state index in [1.807, 2.05) is 0 Å². The molecule has 0 amide bonds. The number of allylic oxidation sites excluding steroid dienone is 2. The summed E-state index contributed by atoms with van der Waals surface area (Å²) < 4.78 is 16.4. The van der Waals surface area contributed by atoms with Crippen molar-refractivity contribution in [2.45, 2.75) is 71.1 Å². The number of hydrogen-bond donors (Lipinski definition) is 0. The molecule has 0 unspecified atom stereocenters. The summed E-state index contributed by atoms with van der Waals surface area (Å²) in [5.41, 5.74) is 0. The number of alkyl halides is 1. The van der Waals surface area contributed by atoms with Gasteiger partial charge in [0.1, 0.15) is 0 Å². The molecule has 3 heteroatoms. The molecule has 0 aliphatic carbocycles. The maximum Gasteiger partial charge on any atom is 0.337 e. The fourth-order valence-corrected chi connectivity index (χ4v) is 1.87. The molecule has 0 bridgehead atoms. The minimum Gasteiger partial charge on any atom is -0.464 e. The van der Waals surface area contributed by atoms with E-state index in [4.69, 9.17) is 0 Å². The first-order valence-corrected chi connectivity index (χ1v) is 7.67. The average Bonchev–Trinajstić information content (AvgIpc) is 2.43. The van der Waals surface area contributed by atoms with Gasteiger partial charge in [-0.3, -0.25) is 0 Å². The van der Waals surface area contributed by atoms with Gasteiger partial charge in [-0.05, 0) is 32.1 Å². The monoisotopic (exact) mass is 272 g/mol. The number of carbonyl (C=O) groups excluding carboxylic acids is 1. The van der Waals surface area contributed by atoms with Crippen molar-refractivity contribution in [3.63, 3.8) is 0 Å². The Labute approximate surface area is 117 Å². The van der Waals surface area contributed by atoms with Crippen molar-refractivity contribution in [3.8, 4) is 0 Å². The van der Waals surface area contributed by atoms with Gasteiger partial charge in [0.25, 0.3) is 0 Å². The minimum absolute atomic E-state index is 0.341. The van der Waals surface area contributed by atoms with E-state index in [2.05, 4.69) is 23.8 Å². The third kappa shape index (κ3) is 15.1. The van der Waals surface area contributed by atoms with E-state index < -0.39 is 12.6 Å². The number of ether oxygens (including phenoxy) is 1. The number of rotatable bonds is 13. The first-order chi connectivity index (χ1) is 9.31. The zero-order valence-corrected chi connectivity index (χ0v) is 12.3. The van der Waals surface area contributed by atoms with Crippen molar-refractivity contribution in [3.05, 3.63) is 12.2 Å². The minimum atomic E-state index is -1.02. The lowest BCUT2D eigenvalue weighted by Gasteiger charge is -2.00. The van der Waals surface area contributed by atoms with Gasteiger partial charge in [0.2, 0.25) is 0 Å². The van der Waals surface area contributed by atoms with Crippen LogP contribution in [0.1, 0.15) is 71.1 Å². The molecule has 19 heavy (non-hydrogen) atoms. The number of hydrogen-bond acceptors (Lipinski definition) is 2. The summed E-state index contributed by atoms with van der Waals surface area (Å²) in [6.45, 7) is 1.56. The Morgan fingerprint density at radius 1 is 0.947 bits per heavy atom. The summed E-state index contributed by atoms with van der Waals surface area (Å²) in [4.78, 5) is 10.5. The van der Waals surface area contributed by atoms with E-state index in [-0.39, 0.29) is 0 Å². The molecule has 0 aliphatic heterocycles. The van der Waals surface area contributed by atoms with Crippen LogP contribution in [0.5, 0.6) is 0 Å². The summed E-state index contributed by atoms with van der Waals surface area (Å²) in [6, 6.07) is 0. The largest absolute Gasteiger partial charge is 0.464 e. The average molecular weight is 272 g/mol. The third-order valence-corrected chi connectivity index (χ3v) is 3.03. The molecule has 0 saturated heterocycles. The number of carbonyl (C=O) groups is 1. The van der Waals surface area contributed by atoms with Crippen molar-refractivity contribution < 1.29 is 13.9 Å². The van der Waals surface area contributed by atoms with Crippen molar-refractivity contribution in [1.29, 1.82) is 0 Å². The summed E-state index contributed by atoms with van der Waals surface area (Å²) in [6.07, 6.45) is 16.5. The molecule has 0 rings (SSSR count). The van der Waals surface area contributed by atoms with Gasteiger partial charge in [-0.1, -0.05) is 51.2 Å². The van der Waals surface area contributed by atoms with Crippen LogP contribution in [-0.4, -0.2) is 19.3 Å². The molecule has 2 nitrogen and oxygen atoms in total. The van der Waals surface area contributed by atoms with Crippen LogP contribution in [0.15, 0.2) is 12.2 Å². The van der Waals surface area contributed by atoms with Crippen LogP contribution in [0.3, 0.4) is 0 Å². The highest BCUT2D eigenvalue weighted by Gasteiger charge is 1.98. The predicted octanol–water partition coefficient (Wildman–Crippen LogP) is 4.98. The summed E-state index contributed by atoms with van der Waals surface area (Å²) in [7, 11) is 0. The van der Waals surface area contributed by atoms with E-state index >= 15 is 0 Å². The summed E-state index contributed by atoms with van der Waals surface area (Å²) >= 11 is 0. The molecule has 0 heterocycles. The van der Waals surface area contributed by atoms with Gasteiger partial charge in [-0.25, -0.2) is 9.18 Å². The van der Waals surface area contributed by atoms with Gasteiger partial charge in [0, 0.05) is 0 Å². The molecule has 0 aromatic heterocycles. The Morgan fingerprint density at radius 3 is 2.16 bits per heavy atom. The number of unbranched alkanes of at least 4 members (excludes halogenated alkanes) is 8. The maximum atomic E-state index is 11.7. The van der Waals surface area contributed by atoms with E-state index in [0.29, 0.717) is 6.61 Å². The molecule has 0 aromatic rings. The van der Waals surface area contributed by atoms with E-state index in [9.17, 15) is 9.18 Å². The molecule has 0 radical (unpaired) electrons. The standard InChI is InChI=1S/C16H29FO2/c1-2-3-4-5-6-7-8-9-10-11-12-13-14-19-16(18)15-17/h9-10H,2-8,11-15H2,1H3/b10-9+. The Kier molecular flexibility index (Phi) is 14.5. The molecule has 0 aromatic carbocycles. The van der Waals surface area contributed by atoms with Crippen LogP contribution in [0, 0.1) is 0 Å². The van der Waals surface area contributed by atoms with Crippen molar-refractivity contribution in [1.82, 2.24) is 0 Å². The van der Waals surface area contributed by atoms with Crippen LogP contribution >= 0.6 is 0 Å². The lowest BCUT2D eigenvalue weighted by atomic mass is 10.1. The second kappa shape index (κ2) is 15.2. The zero-order chi connectivity index (χ0) is 14.2.